The first-order valence-electron chi connectivity index (χ1n) is 5.84. The van der Waals surface area contributed by atoms with E-state index in [-0.39, 0.29) is 24.2 Å². The standard InChI is InChI=1S/C14H13FN2OS/c1-4-8-17-12-10(15)6-5-7-11(12)19-14(17)16-13(18)9(2)3/h1,5-7,9H,8H2,2-3H3. The predicted molar refractivity (Wildman–Crippen MR) is 74.0 cm³/mol. The lowest BCUT2D eigenvalue weighted by Crippen LogP contribution is -2.18. The normalized spacial score (nSPS) is 12.1. The molecule has 1 heterocycles. The summed E-state index contributed by atoms with van der Waals surface area (Å²) >= 11 is 1.26. The van der Waals surface area contributed by atoms with Crippen LogP contribution in [0.3, 0.4) is 0 Å². The van der Waals surface area contributed by atoms with Gasteiger partial charge in [0, 0.05) is 5.92 Å². The van der Waals surface area contributed by atoms with E-state index in [1.54, 1.807) is 30.5 Å². The summed E-state index contributed by atoms with van der Waals surface area (Å²) in [7, 11) is 0. The number of hydrogen-bond donors (Lipinski definition) is 0. The topological polar surface area (TPSA) is 34.4 Å². The van der Waals surface area contributed by atoms with Crippen molar-refractivity contribution >= 4 is 27.5 Å². The van der Waals surface area contributed by atoms with Crippen molar-refractivity contribution in [1.29, 1.82) is 0 Å². The first-order chi connectivity index (χ1) is 9.04. The van der Waals surface area contributed by atoms with E-state index in [2.05, 4.69) is 10.9 Å². The molecule has 0 saturated heterocycles. The molecule has 0 atom stereocenters. The molecule has 0 aliphatic carbocycles. The number of benzene rings is 1. The number of rotatable bonds is 2. The Kier molecular flexibility index (Phi) is 3.82. The lowest BCUT2D eigenvalue weighted by atomic mass is 10.2. The van der Waals surface area contributed by atoms with Gasteiger partial charge in [0.05, 0.1) is 16.8 Å². The van der Waals surface area contributed by atoms with Gasteiger partial charge in [-0.15, -0.1) is 6.42 Å². The summed E-state index contributed by atoms with van der Waals surface area (Å²) in [6.45, 7) is 3.72. The van der Waals surface area contributed by atoms with Crippen molar-refractivity contribution in [3.8, 4) is 12.3 Å². The Balaban J connectivity index is 2.75. The molecule has 0 aliphatic heterocycles. The number of nitrogens with zero attached hydrogens (tertiary/aromatic N) is 2. The van der Waals surface area contributed by atoms with Crippen LogP contribution in [0.4, 0.5) is 4.39 Å². The van der Waals surface area contributed by atoms with Gasteiger partial charge < -0.3 is 4.57 Å². The van der Waals surface area contributed by atoms with Crippen molar-refractivity contribution in [1.82, 2.24) is 4.57 Å². The fourth-order valence-corrected chi connectivity index (χ4v) is 2.68. The van der Waals surface area contributed by atoms with E-state index in [0.29, 0.717) is 10.3 Å². The molecular weight excluding hydrogens is 263 g/mol. The Morgan fingerprint density at radius 2 is 2.32 bits per heavy atom. The number of hydrogen-bond acceptors (Lipinski definition) is 2. The van der Waals surface area contributed by atoms with Crippen molar-refractivity contribution in [2.75, 3.05) is 0 Å². The summed E-state index contributed by atoms with van der Waals surface area (Å²) in [5, 5.41) is 0. The van der Waals surface area contributed by atoms with Crippen LogP contribution in [0.2, 0.25) is 0 Å². The molecule has 0 radical (unpaired) electrons. The third kappa shape index (κ3) is 2.59. The van der Waals surface area contributed by atoms with Crippen LogP contribution in [0, 0.1) is 24.1 Å². The second kappa shape index (κ2) is 5.37. The molecule has 2 aromatic rings. The smallest absolute Gasteiger partial charge is 0.250 e. The van der Waals surface area contributed by atoms with Crippen LogP contribution in [0.15, 0.2) is 23.2 Å². The maximum atomic E-state index is 13.9. The first kappa shape index (κ1) is 13.5. The largest absolute Gasteiger partial charge is 0.302 e. The van der Waals surface area contributed by atoms with Gasteiger partial charge in [-0.3, -0.25) is 4.79 Å². The second-order valence-electron chi connectivity index (χ2n) is 4.37. The quantitative estimate of drug-likeness (QED) is 0.776. The number of para-hydroxylation sites is 1. The fourth-order valence-electron chi connectivity index (χ4n) is 1.63. The van der Waals surface area contributed by atoms with E-state index < -0.39 is 0 Å². The zero-order chi connectivity index (χ0) is 14.0. The number of carbonyl (C=O) groups excluding carboxylic acids is 1. The van der Waals surface area contributed by atoms with Crippen LogP contribution in [-0.4, -0.2) is 10.5 Å². The van der Waals surface area contributed by atoms with Gasteiger partial charge in [0.15, 0.2) is 4.80 Å². The maximum Gasteiger partial charge on any atom is 0.250 e. The van der Waals surface area contributed by atoms with Gasteiger partial charge in [-0.05, 0) is 12.1 Å². The van der Waals surface area contributed by atoms with Crippen molar-refractivity contribution in [3.63, 3.8) is 0 Å². The lowest BCUT2D eigenvalue weighted by molar-refractivity contribution is -0.120. The van der Waals surface area contributed by atoms with Crippen molar-refractivity contribution in [3.05, 3.63) is 28.8 Å². The Morgan fingerprint density at radius 1 is 1.58 bits per heavy atom. The Morgan fingerprint density at radius 3 is 2.95 bits per heavy atom. The highest BCUT2D eigenvalue weighted by molar-refractivity contribution is 7.16. The highest BCUT2D eigenvalue weighted by atomic mass is 32.1. The van der Waals surface area contributed by atoms with Crippen LogP contribution in [0.5, 0.6) is 0 Å². The minimum absolute atomic E-state index is 0.186. The zero-order valence-corrected chi connectivity index (χ0v) is 11.5. The molecule has 2 rings (SSSR count). The molecule has 0 bridgehead atoms. The Bertz CT molecular complexity index is 734. The average Bonchev–Trinajstić information content (AvgIpc) is 2.69. The van der Waals surface area contributed by atoms with Gasteiger partial charge >= 0.3 is 0 Å². The second-order valence-corrected chi connectivity index (χ2v) is 5.38. The number of aromatic nitrogens is 1. The van der Waals surface area contributed by atoms with E-state index in [9.17, 15) is 9.18 Å². The molecule has 1 aromatic heterocycles. The molecule has 5 heteroatoms. The summed E-state index contributed by atoms with van der Waals surface area (Å²) in [6, 6.07) is 4.79. The Hall–Kier alpha value is -1.93. The van der Waals surface area contributed by atoms with Crippen molar-refractivity contribution in [2.24, 2.45) is 10.9 Å². The molecule has 3 nitrogen and oxygen atoms in total. The highest BCUT2D eigenvalue weighted by Gasteiger charge is 2.12. The zero-order valence-electron chi connectivity index (χ0n) is 10.7. The molecule has 1 amide bonds. The van der Waals surface area contributed by atoms with Gasteiger partial charge in [-0.25, -0.2) is 4.39 Å². The van der Waals surface area contributed by atoms with E-state index in [1.165, 1.54) is 17.4 Å². The molecule has 19 heavy (non-hydrogen) atoms. The summed E-state index contributed by atoms with van der Waals surface area (Å²) in [4.78, 5) is 16.2. The van der Waals surface area contributed by atoms with Gasteiger partial charge in [0.2, 0.25) is 0 Å². The third-order valence-corrected chi connectivity index (χ3v) is 3.64. The number of fused-ring (bicyclic) bond motifs is 1. The van der Waals surface area contributed by atoms with E-state index >= 15 is 0 Å². The number of thiazole rings is 1. The molecule has 1 aromatic carbocycles. The van der Waals surface area contributed by atoms with E-state index in [4.69, 9.17) is 6.42 Å². The molecular formula is C14H13FN2OS. The maximum absolute atomic E-state index is 13.9. The molecule has 98 valence electrons. The molecule has 0 fully saturated rings. The number of halogens is 1. The van der Waals surface area contributed by atoms with Gasteiger partial charge in [0.25, 0.3) is 5.91 Å². The number of amides is 1. The summed E-state index contributed by atoms with van der Waals surface area (Å²) in [5.74, 6) is 1.67. The minimum Gasteiger partial charge on any atom is -0.302 e. The molecule has 0 saturated carbocycles. The summed E-state index contributed by atoms with van der Waals surface area (Å²) in [5.41, 5.74) is 0.403. The number of carbonyl (C=O) groups is 1. The van der Waals surface area contributed by atoms with E-state index in [1.807, 2.05) is 0 Å². The average molecular weight is 276 g/mol. The molecule has 0 unspecified atom stereocenters. The van der Waals surface area contributed by atoms with Gasteiger partial charge in [-0.2, -0.15) is 4.99 Å². The lowest BCUT2D eigenvalue weighted by Gasteiger charge is -2.01. The minimum atomic E-state index is -0.359. The summed E-state index contributed by atoms with van der Waals surface area (Å²) < 4.78 is 16.2. The summed E-state index contributed by atoms with van der Waals surface area (Å²) in [6.07, 6.45) is 5.31. The van der Waals surface area contributed by atoms with Crippen LogP contribution in [-0.2, 0) is 11.3 Å². The van der Waals surface area contributed by atoms with Crippen molar-refractivity contribution < 1.29 is 9.18 Å². The predicted octanol–water partition coefficient (Wildman–Crippen LogP) is 2.56. The third-order valence-electron chi connectivity index (χ3n) is 2.60. The Labute approximate surface area is 114 Å². The molecule has 0 aliphatic rings. The first-order valence-corrected chi connectivity index (χ1v) is 6.66. The van der Waals surface area contributed by atoms with Crippen LogP contribution in [0.1, 0.15) is 13.8 Å². The van der Waals surface area contributed by atoms with Crippen molar-refractivity contribution in [2.45, 2.75) is 20.4 Å². The van der Waals surface area contributed by atoms with Gasteiger partial charge in [-0.1, -0.05) is 37.2 Å². The molecule has 0 spiro atoms. The van der Waals surface area contributed by atoms with Crippen LogP contribution in [0.25, 0.3) is 10.2 Å². The number of terminal acetylenes is 1. The van der Waals surface area contributed by atoms with Gasteiger partial charge in [0.1, 0.15) is 5.82 Å². The van der Waals surface area contributed by atoms with Crippen LogP contribution >= 0.6 is 11.3 Å². The molecule has 0 N–H and O–H groups in total. The highest BCUT2D eigenvalue weighted by Crippen LogP contribution is 2.20. The van der Waals surface area contributed by atoms with Crippen LogP contribution < -0.4 is 4.80 Å². The fraction of sp³-hybridized carbons (Fsp3) is 0.286. The monoisotopic (exact) mass is 276 g/mol. The van der Waals surface area contributed by atoms with E-state index in [0.717, 1.165) is 4.70 Å². The SMILES string of the molecule is C#CCn1c(=NC(=O)C(C)C)sc2cccc(F)c21.